The molecule has 0 fully saturated rings. The smallest absolute Gasteiger partial charge is 0.244 e. The van der Waals surface area contributed by atoms with Gasteiger partial charge < -0.3 is 9.52 Å². The third kappa shape index (κ3) is 3.38. The van der Waals surface area contributed by atoms with Crippen LogP contribution in [0, 0.1) is 19.3 Å². The minimum atomic E-state index is -3.70. The maximum absolute atomic E-state index is 12.4. The average Bonchev–Trinajstić information content (AvgIpc) is 2.51. The maximum Gasteiger partial charge on any atom is 0.244 e. The average molecular weight is 289 g/mol. The Morgan fingerprint density at radius 1 is 1.26 bits per heavy atom. The molecule has 0 saturated heterocycles. The van der Waals surface area contributed by atoms with Crippen LogP contribution < -0.4 is 4.72 Å². The Morgan fingerprint density at radius 2 is 1.79 bits per heavy atom. The highest BCUT2D eigenvalue weighted by Crippen LogP contribution is 2.28. The summed E-state index contributed by atoms with van der Waals surface area (Å²) >= 11 is 0. The van der Waals surface area contributed by atoms with E-state index in [4.69, 9.17) is 4.42 Å². The lowest BCUT2D eigenvalue weighted by atomic mass is 9.89. The molecular weight excluding hydrogens is 266 g/mol. The summed E-state index contributed by atoms with van der Waals surface area (Å²) in [6, 6.07) is -0.237. The van der Waals surface area contributed by atoms with Gasteiger partial charge in [-0.3, -0.25) is 0 Å². The standard InChI is InChI=1S/C13H23NO4S/c1-8-11(7-15)12(9(2)18-8)19(16,17)14-10(3)13(4,5)6/h10,14-15H,7H2,1-6H3. The van der Waals surface area contributed by atoms with Crippen LogP contribution in [0.15, 0.2) is 9.31 Å². The van der Waals surface area contributed by atoms with Crippen LogP contribution in [-0.2, 0) is 16.6 Å². The number of furan rings is 1. The fraction of sp³-hybridized carbons (Fsp3) is 0.692. The van der Waals surface area contributed by atoms with Crippen LogP contribution >= 0.6 is 0 Å². The van der Waals surface area contributed by atoms with Crippen molar-refractivity contribution in [1.29, 1.82) is 0 Å². The zero-order valence-electron chi connectivity index (χ0n) is 12.4. The van der Waals surface area contributed by atoms with E-state index in [9.17, 15) is 13.5 Å². The molecule has 1 aromatic heterocycles. The summed E-state index contributed by atoms with van der Waals surface area (Å²) in [4.78, 5) is 0.0589. The Bertz CT molecular complexity index is 552. The van der Waals surface area contributed by atoms with Crippen LogP contribution in [0.5, 0.6) is 0 Å². The number of hydrogen-bond donors (Lipinski definition) is 2. The van der Waals surface area contributed by atoms with E-state index in [1.54, 1.807) is 13.8 Å². The highest BCUT2D eigenvalue weighted by atomic mass is 32.2. The lowest BCUT2D eigenvalue weighted by Gasteiger charge is -2.27. The molecule has 0 aliphatic rings. The molecule has 1 aromatic rings. The van der Waals surface area contributed by atoms with Gasteiger partial charge in [0.25, 0.3) is 0 Å². The topological polar surface area (TPSA) is 79.5 Å². The first-order valence-corrected chi connectivity index (χ1v) is 7.71. The monoisotopic (exact) mass is 289 g/mol. The highest BCUT2D eigenvalue weighted by molar-refractivity contribution is 7.89. The van der Waals surface area contributed by atoms with E-state index in [0.29, 0.717) is 17.1 Å². The van der Waals surface area contributed by atoms with Gasteiger partial charge in [-0.15, -0.1) is 0 Å². The first-order valence-electron chi connectivity index (χ1n) is 6.22. The molecule has 0 bridgehead atoms. The molecule has 6 heteroatoms. The van der Waals surface area contributed by atoms with Crippen LogP contribution in [0.2, 0.25) is 0 Å². The van der Waals surface area contributed by atoms with Gasteiger partial charge in [-0.2, -0.15) is 0 Å². The summed E-state index contributed by atoms with van der Waals surface area (Å²) in [6.07, 6.45) is 0. The highest BCUT2D eigenvalue weighted by Gasteiger charge is 2.31. The Hall–Kier alpha value is -0.850. The Labute approximate surface area is 115 Å². The second-order valence-electron chi connectivity index (χ2n) is 5.89. The molecule has 1 unspecified atom stereocenters. The number of aliphatic hydroxyl groups excluding tert-OH is 1. The molecule has 2 N–H and O–H groups in total. The van der Waals surface area contributed by atoms with Crippen molar-refractivity contribution in [1.82, 2.24) is 4.72 Å². The van der Waals surface area contributed by atoms with E-state index in [0.717, 1.165) is 0 Å². The van der Waals surface area contributed by atoms with Crippen LogP contribution in [0.1, 0.15) is 44.8 Å². The van der Waals surface area contributed by atoms with Crippen LogP contribution in [-0.4, -0.2) is 19.6 Å². The summed E-state index contributed by atoms with van der Waals surface area (Å²) in [5, 5.41) is 9.32. The molecule has 0 spiro atoms. The molecule has 0 radical (unpaired) electrons. The third-order valence-electron chi connectivity index (χ3n) is 3.38. The van der Waals surface area contributed by atoms with Crippen molar-refractivity contribution < 1.29 is 17.9 Å². The molecule has 0 aliphatic carbocycles. The van der Waals surface area contributed by atoms with Gasteiger partial charge in [0.2, 0.25) is 10.0 Å². The second-order valence-corrected chi connectivity index (χ2v) is 7.54. The SMILES string of the molecule is Cc1oc(C)c(S(=O)(=O)NC(C)C(C)(C)C)c1CO. The van der Waals surface area contributed by atoms with Gasteiger partial charge in [-0.25, -0.2) is 13.1 Å². The lowest BCUT2D eigenvalue weighted by molar-refractivity contribution is 0.276. The van der Waals surface area contributed by atoms with Crippen molar-refractivity contribution >= 4 is 10.0 Å². The van der Waals surface area contributed by atoms with E-state index < -0.39 is 10.0 Å². The number of hydrogen-bond acceptors (Lipinski definition) is 4. The Balaban J connectivity index is 3.22. The van der Waals surface area contributed by atoms with E-state index in [2.05, 4.69) is 4.72 Å². The van der Waals surface area contributed by atoms with Crippen molar-refractivity contribution in [3.05, 3.63) is 17.1 Å². The molecule has 19 heavy (non-hydrogen) atoms. The summed E-state index contributed by atoms with van der Waals surface area (Å²) in [5.41, 5.74) is 0.130. The second kappa shape index (κ2) is 5.26. The fourth-order valence-electron chi connectivity index (χ4n) is 1.71. The molecule has 1 atom stereocenters. The van der Waals surface area contributed by atoms with E-state index in [-0.39, 0.29) is 23.0 Å². The van der Waals surface area contributed by atoms with Crippen molar-refractivity contribution in [2.75, 3.05) is 0 Å². The molecule has 0 saturated carbocycles. The summed E-state index contributed by atoms with van der Waals surface area (Å²) in [7, 11) is -3.70. The van der Waals surface area contributed by atoms with E-state index in [1.165, 1.54) is 0 Å². The number of nitrogens with one attached hydrogen (secondary N) is 1. The molecule has 5 nitrogen and oxygen atoms in total. The summed E-state index contributed by atoms with van der Waals surface area (Å²) in [5.74, 6) is 0.735. The van der Waals surface area contributed by atoms with Crippen molar-refractivity contribution in [2.24, 2.45) is 5.41 Å². The van der Waals surface area contributed by atoms with Crippen LogP contribution in [0.4, 0.5) is 0 Å². The van der Waals surface area contributed by atoms with Gasteiger partial charge in [0.05, 0.1) is 6.61 Å². The number of sulfonamides is 1. The molecular formula is C13H23NO4S. The van der Waals surface area contributed by atoms with Crippen molar-refractivity contribution in [3.8, 4) is 0 Å². The van der Waals surface area contributed by atoms with Gasteiger partial charge in [-0.05, 0) is 26.2 Å². The van der Waals surface area contributed by atoms with Gasteiger partial charge in [-0.1, -0.05) is 20.8 Å². The minimum absolute atomic E-state index is 0.0589. The zero-order valence-corrected chi connectivity index (χ0v) is 13.2. The molecule has 0 aromatic carbocycles. The first-order chi connectivity index (χ1) is 8.50. The normalized spacial score (nSPS) is 14.7. The molecule has 1 heterocycles. The fourth-order valence-corrected chi connectivity index (χ4v) is 3.60. The quantitative estimate of drug-likeness (QED) is 0.889. The number of aliphatic hydroxyl groups is 1. The van der Waals surface area contributed by atoms with Crippen LogP contribution in [0.25, 0.3) is 0 Å². The van der Waals surface area contributed by atoms with Gasteiger partial charge in [0.1, 0.15) is 16.4 Å². The largest absolute Gasteiger partial charge is 0.465 e. The summed E-state index contributed by atoms with van der Waals surface area (Å²) in [6.45, 7) is 10.6. The molecule has 110 valence electrons. The van der Waals surface area contributed by atoms with E-state index in [1.807, 2.05) is 27.7 Å². The maximum atomic E-state index is 12.4. The van der Waals surface area contributed by atoms with Gasteiger partial charge in [0.15, 0.2) is 0 Å². The zero-order chi connectivity index (χ0) is 15.0. The predicted molar refractivity (Wildman–Crippen MR) is 73.3 cm³/mol. The Morgan fingerprint density at radius 3 is 2.21 bits per heavy atom. The summed E-state index contributed by atoms with van der Waals surface area (Å²) < 4.78 is 32.8. The third-order valence-corrected chi connectivity index (χ3v) is 5.12. The molecule has 1 rings (SSSR count). The van der Waals surface area contributed by atoms with Gasteiger partial charge in [0, 0.05) is 11.6 Å². The van der Waals surface area contributed by atoms with Gasteiger partial charge >= 0.3 is 0 Å². The first kappa shape index (κ1) is 16.2. The van der Waals surface area contributed by atoms with Crippen LogP contribution in [0.3, 0.4) is 0 Å². The predicted octanol–water partition coefficient (Wildman–Crippen LogP) is 2.10. The molecule has 0 aliphatic heterocycles. The van der Waals surface area contributed by atoms with Crippen molar-refractivity contribution in [3.63, 3.8) is 0 Å². The Kier molecular flexibility index (Phi) is 4.49. The van der Waals surface area contributed by atoms with Crippen molar-refractivity contribution in [2.45, 2.75) is 59.1 Å². The number of aryl methyl sites for hydroxylation is 2. The van der Waals surface area contributed by atoms with E-state index >= 15 is 0 Å². The minimum Gasteiger partial charge on any atom is -0.465 e. The molecule has 0 amide bonds. The number of rotatable bonds is 4. The lowest BCUT2D eigenvalue weighted by Crippen LogP contribution is -2.41.